The van der Waals surface area contributed by atoms with Crippen LogP contribution < -0.4 is 15.0 Å². The number of carbonyl (C=O) groups excluding carboxylic acids is 1. The summed E-state index contributed by atoms with van der Waals surface area (Å²) in [7, 11) is 0. The van der Waals surface area contributed by atoms with Gasteiger partial charge in [0.25, 0.3) is 5.56 Å². The van der Waals surface area contributed by atoms with E-state index >= 15 is 0 Å². The first-order valence-electron chi connectivity index (χ1n) is 7.89. The minimum atomic E-state index is -0.520. The van der Waals surface area contributed by atoms with Crippen molar-refractivity contribution in [3.05, 3.63) is 63.5 Å². The van der Waals surface area contributed by atoms with Crippen molar-refractivity contribution < 1.29 is 19.0 Å². The van der Waals surface area contributed by atoms with Crippen LogP contribution in [-0.4, -0.2) is 28.6 Å². The predicted octanol–water partition coefficient (Wildman–Crippen LogP) is 2.28. The van der Waals surface area contributed by atoms with Crippen molar-refractivity contribution in [1.29, 1.82) is 0 Å². The molecule has 1 aliphatic heterocycles. The molecule has 4 rings (SSSR count). The normalized spacial score (nSPS) is 13.2. The van der Waals surface area contributed by atoms with Gasteiger partial charge < -0.3 is 14.2 Å². The number of carbonyl (C=O) groups is 1. The van der Waals surface area contributed by atoms with Crippen LogP contribution in [-0.2, 0) is 16.1 Å². The van der Waals surface area contributed by atoms with Crippen molar-refractivity contribution >= 4 is 28.3 Å². The van der Waals surface area contributed by atoms with Crippen LogP contribution in [0.25, 0.3) is 11.0 Å². The summed E-state index contributed by atoms with van der Waals surface area (Å²) >= 11 is 1.34. The third kappa shape index (κ3) is 3.45. The van der Waals surface area contributed by atoms with E-state index in [-0.39, 0.29) is 12.2 Å². The van der Waals surface area contributed by atoms with Gasteiger partial charge in [0, 0.05) is 23.7 Å². The zero-order valence-electron chi connectivity index (χ0n) is 13.6. The van der Waals surface area contributed by atoms with Crippen LogP contribution in [0.15, 0.2) is 46.7 Å². The molecule has 0 N–H and O–H groups in total. The molecule has 26 heavy (non-hydrogen) atoms. The zero-order valence-corrected chi connectivity index (χ0v) is 14.4. The molecule has 3 aromatic rings. The van der Waals surface area contributed by atoms with Gasteiger partial charge in [0.1, 0.15) is 19.8 Å². The Bertz CT molecular complexity index is 1050. The first kappa shape index (κ1) is 16.3. The number of aromatic nitrogens is 2. The van der Waals surface area contributed by atoms with E-state index in [4.69, 9.17) is 14.2 Å². The molecule has 0 bridgehead atoms. The second-order valence-corrected chi connectivity index (χ2v) is 6.36. The number of nitrogens with zero attached hydrogens (tertiary/aromatic N) is 2. The fourth-order valence-corrected chi connectivity index (χ4v) is 3.22. The molecule has 8 heteroatoms. The molecule has 0 unspecified atom stereocenters. The van der Waals surface area contributed by atoms with Gasteiger partial charge in [0.15, 0.2) is 16.5 Å². The number of rotatable bonds is 4. The van der Waals surface area contributed by atoms with Crippen molar-refractivity contribution in [3.63, 3.8) is 0 Å². The fourth-order valence-electron chi connectivity index (χ4n) is 2.48. The fraction of sp³-hybridized carbons (Fsp3) is 0.167. The Morgan fingerprint density at radius 1 is 1.27 bits per heavy atom. The standard InChI is InChI=1S/C18H14N2O5S/c21-16-10-13(19-18-20(16)5-8-26-18)11-25-17(22)4-2-12-1-3-14-15(9-12)24-7-6-23-14/h1-5,8-10H,6-7,11H2/b4-2+. The number of esters is 1. The summed E-state index contributed by atoms with van der Waals surface area (Å²) < 4.78 is 17.6. The molecule has 1 aliphatic rings. The van der Waals surface area contributed by atoms with Crippen molar-refractivity contribution in [3.8, 4) is 11.5 Å². The van der Waals surface area contributed by atoms with E-state index in [1.807, 2.05) is 6.07 Å². The van der Waals surface area contributed by atoms with Crippen LogP contribution in [0.5, 0.6) is 11.5 Å². The minimum absolute atomic E-state index is 0.0616. The largest absolute Gasteiger partial charge is 0.486 e. The first-order chi connectivity index (χ1) is 12.7. The maximum Gasteiger partial charge on any atom is 0.331 e. The Kier molecular flexibility index (Phi) is 4.40. The average Bonchev–Trinajstić information content (AvgIpc) is 3.14. The lowest BCUT2D eigenvalue weighted by atomic mass is 10.2. The lowest BCUT2D eigenvalue weighted by Gasteiger charge is -2.18. The highest BCUT2D eigenvalue weighted by Gasteiger charge is 2.11. The van der Waals surface area contributed by atoms with Crippen LogP contribution >= 0.6 is 11.3 Å². The maximum absolute atomic E-state index is 11.9. The number of ether oxygens (including phenoxy) is 3. The number of hydrogen-bond acceptors (Lipinski definition) is 7. The molecular formula is C18H14N2O5S. The van der Waals surface area contributed by atoms with E-state index in [9.17, 15) is 9.59 Å². The molecule has 1 aromatic carbocycles. The summed E-state index contributed by atoms with van der Waals surface area (Å²) in [6.07, 6.45) is 4.61. The van der Waals surface area contributed by atoms with Gasteiger partial charge >= 0.3 is 5.97 Å². The highest BCUT2D eigenvalue weighted by Crippen LogP contribution is 2.31. The second kappa shape index (κ2) is 7.01. The topological polar surface area (TPSA) is 79.1 Å². The second-order valence-electron chi connectivity index (χ2n) is 5.49. The van der Waals surface area contributed by atoms with Crippen LogP contribution in [0.3, 0.4) is 0 Å². The lowest BCUT2D eigenvalue weighted by molar-refractivity contribution is -0.139. The molecule has 7 nitrogen and oxygen atoms in total. The Morgan fingerprint density at radius 2 is 2.12 bits per heavy atom. The van der Waals surface area contributed by atoms with Crippen molar-refractivity contribution in [2.45, 2.75) is 6.61 Å². The van der Waals surface area contributed by atoms with Gasteiger partial charge in [-0.1, -0.05) is 6.07 Å². The zero-order chi connectivity index (χ0) is 17.9. The predicted molar refractivity (Wildman–Crippen MR) is 95.6 cm³/mol. The van der Waals surface area contributed by atoms with Gasteiger partial charge in [-0.2, -0.15) is 0 Å². The van der Waals surface area contributed by atoms with E-state index in [2.05, 4.69) is 4.98 Å². The van der Waals surface area contributed by atoms with Gasteiger partial charge in [0.05, 0.1) is 5.69 Å². The summed E-state index contributed by atoms with van der Waals surface area (Å²) in [5, 5.41) is 1.77. The molecule has 0 saturated carbocycles. The van der Waals surface area contributed by atoms with Gasteiger partial charge in [-0.25, -0.2) is 9.78 Å². The molecule has 0 spiro atoms. The number of thiazole rings is 1. The van der Waals surface area contributed by atoms with Crippen LogP contribution in [0.4, 0.5) is 0 Å². The van der Waals surface area contributed by atoms with Gasteiger partial charge in [-0.05, 0) is 23.8 Å². The molecule has 0 fully saturated rings. The Balaban J connectivity index is 1.40. The van der Waals surface area contributed by atoms with E-state index in [0.717, 1.165) is 5.56 Å². The summed E-state index contributed by atoms with van der Waals surface area (Å²) in [6, 6.07) is 6.78. The summed E-state index contributed by atoms with van der Waals surface area (Å²) in [5.74, 6) is 0.825. The molecular weight excluding hydrogens is 356 g/mol. The van der Waals surface area contributed by atoms with Crippen molar-refractivity contribution in [1.82, 2.24) is 9.38 Å². The summed E-state index contributed by atoms with van der Waals surface area (Å²) in [6.45, 7) is 0.973. The van der Waals surface area contributed by atoms with E-state index in [1.54, 1.807) is 29.8 Å². The van der Waals surface area contributed by atoms with Crippen LogP contribution in [0.1, 0.15) is 11.3 Å². The quantitative estimate of drug-likeness (QED) is 0.518. The number of hydrogen-bond donors (Lipinski definition) is 0. The molecule has 0 radical (unpaired) electrons. The monoisotopic (exact) mass is 370 g/mol. The van der Waals surface area contributed by atoms with Crippen molar-refractivity contribution in [2.24, 2.45) is 0 Å². The van der Waals surface area contributed by atoms with Gasteiger partial charge in [-0.15, -0.1) is 11.3 Å². The molecule has 0 saturated heterocycles. The molecule has 0 amide bonds. The molecule has 0 atom stereocenters. The SMILES string of the molecule is O=C(/C=C/c1ccc2c(c1)OCCO2)OCc1cc(=O)n2ccsc2n1. The average molecular weight is 370 g/mol. The van der Waals surface area contributed by atoms with Crippen molar-refractivity contribution in [2.75, 3.05) is 13.2 Å². The number of fused-ring (bicyclic) bond motifs is 2. The van der Waals surface area contributed by atoms with E-state index in [0.29, 0.717) is 35.4 Å². The minimum Gasteiger partial charge on any atom is -0.486 e. The highest BCUT2D eigenvalue weighted by molar-refractivity contribution is 7.15. The Morgan fingerprint density at radius 3 is 3.00 bits per heavy atom. The molecule has 2 aromatic heterocycles. The van der Waals surface area contributed by atoms with Gasteiger partial charge in [-0.3, -0.25) is 9.20 Å². The highest BCUT2D eigenvalue weighted by atomic mass is 32.1. The lowest BCUT2D eigenvalue weighted by Crippen LogP contribution is -2.15. The molecule has 3 heterocycles. The summed E-state index contributed by atoms with van der Waals surface area (Å²) in [5.41, 5.74) is 1.01. The maximum atomic E-state index is 11.9. The Hall–Kier alpha value is -3.13. The molecule has 132 valence electrons. The number of benzene rings is 1. The van der Waals surface area contributed by atoms with E-state index in [1.165, 1.54) is 27.9 Å². The smallest absolute Gasteiger partial charge is 0.331 e. The third-order valence-corrected chi connectivity index (χ3v) is 4.45. The Labute approximate surface area is 152 Å². The van der Waals surface area contributed by atoms with Crippen LogP contribution in [0, 0.1) is 0 Å². The molecule has 0 aliphatic carbocycles. The van der Waals surface area contributed by atoms with E-state index < -0.39 is 5.97 Å². The first-order valence-corrected chi connectivity index (χ1v) is 8.77. The summed E-state index contributed by atoms with van der Waals surface area (Å²) in [4.78, 5) is 28.6. The van der Waals surface area contributed by atoms with Gasteiger partial charge in [0.2, 0.25) is 0 Å². The third-order valence-electron chi connectivity index (χ3n) is 3.70. The van der Waals surface area contributed by atoms with Crippen LogP contribution in [0.2, 0.25) is 0 Å².